The summed E-state index contributed by atoms with van der Waals surface area (Å²) < 4.78 is 0. The van der Waals surface area contributed by atoms with Crippen molar-refractivity contribution in [2.75, 3.05) is 11.9 Å². The second kappa shape index (κ2) is 3.84. The van der Waals surface area contributed by atoms with Gasteiger partial charge in [-0.1, -0.05) is 23.2 Å². The zero-order chi connectivity index (χ0) is 11.0. The van der Waals surface area contributed by atoms with E-state index in [2.05, 4.69) is 9.97 Å². The molecule has 6 heteroatoms. The molecular formula is C9H8Cl2N4. The molecule has 1 fully saturated rings. The van der Waals surface area contributed by atoms with Crippen LogP contribution >= 0.6 is 23.2 Å². The number of nitrogens with zero attached hydrogens (tertiary/aromatic N) is 4. The predicted octanol–water partition coefficient (Wildman–Crippen LogP) is 2.25. The fraction of sp³-hybridized carbons (Fsp3) is 0.444. The van der Waals surface area contributed by atoms with E-state index >= 15 is 0 Å². The van der Waals surface area contributed by atoms with E-state index in [-0.39, 0.29) is 15.9 Å². The van der Waals surface area contributed by atoms with Gasteiger partial charge in [-0.05, 0) is 12.8 Å². The van der Waals surface area contributed by atoms with Gasteiger partial charge in [0.1, 0.15) is 11.6 Å². The summed E-state index contributed by atoms with van der Waals surface area (Å²) in [5.74, 6) is 0.478. The second-order valence-corrected chi connectivity index (χ2v) is 4.15. The molecule has 1 aromatic rings. The highest BCUT2D eigenvalue weighted by atomic mass is 35.5. The minimum Gasteiger partial charge on any atom is -0.341 e. The van der Waals surface area contributed by atoms with Crippen LogP contribution in [0.25, 0.3) is 0 Å². The van der Waals surface area contributed by atoms with Gasteiger partial charge in [-0.25, -0.2) is 0 Å². The highest BCUT2D eigenvalue weighted by Crippen LogP contribution is 2.30. The molecule has 0 spiro atoms. The zero-order valence-corrected chi connectivity index (χ0v) is 9.55. The van der Waals surface area contributed by atoms with Crippen molar-refractivity contribution in [2.45, 2.75) is 18.9 Å². The van der Waals surface area contributed by atoms with Crippen molar-refractivity contribution in [1.29, 1.82) is 5.26 Å². The Morgan fingerprint density at radius 1 is 1.33 bits per heavy atom. The van der Waals surface area contributed by atoms with Crippen LogP contribution < -0.4 is 4.90 Å². The summed E-state index contributed by atoms with van der Waals surface area (Å²) in [6.45, 7) is 0. The predicted molar refractivity (Wildman–Crippen MR) is 58.2 cm³/mol. The number of hydrogen-bond donors (Lipinski definition) is 0. The third-order valence-electron chi connectivity index (χ3n) is 2.33. The first-order chi connectivity index (χ1) is 7.13. The molecule has 0 unspecified atom stereocenters. The molecular weight excluding hydrogens is 235 g/mol. The zero-order valence-electron chi connectivity index (χ0n) is 8.04. The molecule has 0 aliphatic heterocycles. The highest BCUT2D eigenvalue weighted by molar-refractivity contribution is 6.35. The van der Waals surface area contributed by atoms with E-state index in [9.17, 15) is 0 Å². The number of nitriles is 1. The quantitative estimate of drug-likeness (QED) is 0.747. The van der Waals surface area contributed by atoms with Crippen LogP contribution in [-0.2, 0) is 0 Å². The van der Waals surface area contributed by atoms with Crippen molar-refractivity contribution in [3.8, 4) is 6.07 Å². The van der Waals surface area contributed by atoms with Crippen molar-refractivity contribution in [2.24, 2.45) is 0 Å². The highest BCUT2D eigenvalue weighted by Gasteiger charge is 2.28. The fourth-order valence-electron chi connectivity index (χ4n) is 1.27. The molecule has 78 valence electrons. The summed E-state index contributed by atoms with van der Waals surface area (Å²) >= 11 is 11.6. The lowest BCUT2D eigenvalue weighted by Gasteiger charge is -2.16. The average molecular weight is 243 g/mol. The van der Waals surface area contributed by atoms with E-state index in [1.165, 1.54) is 0 Å². The van der Waals surface area contributed by atoms with E-state index in [1.807, 2.05) is 18.0 Å². The first kappa shape index (κ1) is 10.5. The molecule has 1 aromatic heterocycles. The number of anilines is 1. The summed E-state index contributed by atoms with van der Waals surface area (Å²) in [5.41, 5.74) is 0.131. The molecule has 4 nitrogen and oxygen atoms in total. The second-order valence-electron chi connectivity index (χ2n) is 3.43. The summed E-state index contributed by atoms with van der Waals surface area (Å²) in [6, 6.07) is 2.34. The minimum absolute atomic E-state index is 0.111. The lowest BCUT2D eigenvalue weighted by atomic mass is 10.4. The molecule has 0 bridgehead atoms. The first-order valence-electron chi connectivity index (χ1n) is 4.49. The molecule has 1 aliphatic carbocycles. The maximum Gasteiger partial charge on any atom is 0.228 e. The Labute approximate surface area is 97.4 Å². The van der Waals surface area contributed by atoms with Crippen molar-refractivity contribution in [3.63, 3.8) is 0 Å². The SMILES string of the molecule is CN(c1nc(Cl)c(C#N)c(Cl)n1)C1CC1. The largest absolute Gasteiger partial charge is 0.341 e. The van der Waals surface area contributed by atoms with Crippen LogP contribution in [0, 0.1) is 11.3 Å². The van der Waals surface area contributed by atoms with Gasteiger partial charge in [0.15, 0.2) is 10.3 Å². The Morgan fingerprint density at radius 3 is 2.27 bits per heavy atom. The topological polar surface area (TPSA) is 52.8 Å². The Morgan fingerprint density at radius 2 is 1.87 bits per heavy atom. The number of halogens is 2. The molecule has 0 saturated heterocycles. The molecule has 0 radical (unpaired) electrons. The first-order valence-corrected chi connectivity index (χ1v) is 5.25. The monoisotopic (exact) mass is 242 g/mol. The summed E-state index contributed by atoms with van der Waals surface area (Å²) in [7, 11) is 1.89. The maximum absolute atomic E-state index is 8.74. The molecule has 0 aromatic carbocycles. The van der Waals surface area contributed by atoms with Gasteiger partial charge in [0.2, 0.25) is 5.95 Å². The van der Waals surface area contributed by atoms with Gasteiger partial charge in [-0.3, -0.25) is 0 Å². The summed E-state index contributed by atoms with van der Waals surface area (Å²) in [6.07, 6.45) is 2.27. The molecule has 15 heavy (non-hydrogen) atoms. The Balaban J connectivity index is 2.38. The van der Waals surface area contributed by atoms with Crippen molar-refractivity contribution >= 4 is 29.2 Å². The summed E-state index contributed by atoms with van der Waals surface area (Å²) in [5, 5.41) is 8.96. The van der Waals surface area contributed by atoms with E-state index in [4.69, 9.17) is 28.5 Å². The molecule has 0 N–H and O–H groups in total. The van der Waals surface area contributed by atoms with Gasteiger partial charge in [-0.2, -0.15) is 15.2 Å². The van der Waals surface area contributed by atoms with Gasteiger partial charge < -0.3 is 4.90 Å². The molecule has 1 heterocycles. The Kier molecular flexibility index (Phi) is 2.68. The number of hydrogen-bond acceptors (Lipinski definition) is 4. The van der Waals surface area contributed by atoms with Crippen molar-refractivity contribution in [1.82, 2.24) is 9.97 Å². The van der Waals surface area contributed by atoms with Crippen LogP contribution in [0.4, 0.5) is 5.95 Å². The van der Waals surface area contributed by atoms with Gasteiger partial charge in [0, 0.05) is 13.1 Å². The normalized spacial score (nSPS) is 14.8. The Bertz CT molecular complexity index is 413. The lowest BCUT2D eigenvalue weighted by Crippen LogP contribution is -2.22. The van der Waals surface area contributed by atoms with E-state index in [0.29, 0.717) is 12.0 Å². The average Bonchev–Trinajstić information content (AvgIpc) is 2.99. The van der Waals surface area contributed by atoms with Crippen molar-refractivity contribution in [3.05, 3.63) is 15.9 Å². The fourth-order valence-corrected chi connectivity index (χ4v) is 1.74. The molecule has 1 saturated carbocycles. The van der Waals surface area contributed by atoms with Gasteiger partial charge in [0.25, 0.3) is 0 Å². The van der Waals surface area contributed by atoms with Crippen LogP contribution in [0.3, 0.4) is 0 Å². The summed E-state index contributed by atoms with van der Waals surface area (Å²) in [4.78, 5) is 10.0. The smallest absolute Gasteiger partial charge is 0.228 e. The lowest BCUT2D eigenvalue weighted by molar-refractivity contribution is 0.860. The third-order valence-corrected chi connectivity index (χ3v) is 2.88. The van der Waals surface area contributed by atoms with Crippen molar-refractivity contribution < 1.29 is 0 Å². The molecule has 2 rings (SSSR count). The van der Waals surface area contributed by atoms with Gasteiger partial charge in [-0.15, -0.1) is 0 Å². The van der Waals surface area contributed by atoms with Crippen LogP contribution in [0.2, 0.25) is 10.3 Å². The third kappa shape index (κ3) is 1.99. The van der Waals surface area contributed by atoms with E-state index in [0.717, 1.165) is 12.8 Å². The van der Waals surface area contributed by atoms with E-state index < -0.39 is 0 Å². The maximum atomic E-state index is 8.74. The minimum atomic E-state index is 0.111. The Hall–Kier alpha value is -1.05. The van der Waals surface area contributed by atoms with E-state index in [1.54, 1.807) is 0 Å². The number of aromatic nitrogens is 2. The van der Waals surface area contributed by atoms with Crippen LogP contribution in [0.5, 0.6) is 0 Å². The number of rotatable bonds is 2. The molecule has 0 atom stereocenters. The van der Waals surface area contributed by atoms with Crippen LogP contribution in [0.1, 0.15) is 18.4 Å². The molecule has 0 amide bonds. The standard InChI is InChI=1S/C9H8Cl2N4/c1-15(5-2-3-5)9-13-7(10)6(4-12)8(11)14-9/h5H,2-3H2,1H3. The van der Waals surface area contributed by atoms with Gasteiger partial charge >= 0.3 is 0 Å². The molecule has 1 aliphatic rings. The van der Waals surface area contributed by atoms with Gasteiger partial charge in [0.05, 0.1) is 0 Å². The van der Waals surface area contributed by atoms with Crippen LogP contribution in [0.15, 0.2) is 0 Å². The van der Waals surface area contributed by atoms with Crippen LogP contribution in [-0.4, -0.2) is 23.1 Å².